The molecule has 1 aliphatic rings. The maximum absolute atomic E-state index is 14.2. The van der Waals surface area contributed by atoms with Crippen molar-refractivity contribution in [2.75, 3.05) is 0 Å². The van der Waals surface area contributed by atoms with E-state index in [0.717, 1.165) is 36.8 Å². The molecule has 0 bridgehead atoms. The van der Waals surface area contributed by atoms with Crippen molar-refractivity contribution < 1.29 is 4.39 Å². The van der Waals surface area contributed by atoms with Gasteiger partial charge in [-0.2, -0.15) is 0 Å². The molecule has 96 valence electrons. The lowest BCUT2D eigenvalue weighted by Gasteiger charge is -2.27. The van der Waals surface area contributed by atoms with Crippen molar-refractivity contribution in [2.45, 2.75) is 36.9 Å². The minimum Gasteiger partial charge on any atom is -0.207 e. The Hall–Kier alpha value is -0.890. The summed E-state index contributed by atoms with van der Waals surface area (Å²) in [6.45, 7) is 2.16. The first-order chi connectivity index (χ1) is 8.64. The van der Waals surface area contributed by atoms with Gasteiger partial charge in [0.2, 0.25) is 0 Å². The lowest BCUT2D eigenvalue weighted by atomic mass is 9.89. The monoisotopic (exact) mass is 308 g/mol. The lowest BCUT2D eigenvalue weighted by Crippen LogP contribution is -2.19. The van der Waals surface area contributed by atoms with E-state index >= 15 is 0 Å². The first-order valence-corrected chi connectivity index (χ1v) is 7.27. The zero-order valence-corrected chi connectivity index (χ0v) is 12.2. The van der Waals surface area contributed by atoms with Crippen molar-refractivity contribution in [1.82, 2.24) is 0 Å². The van der Waals surface area contributed by atoms with E-state index in [1.165, 1.54) is 0 Å². The standard InChI is InChI=1S/C16H18BrF/c1-2-3-10-16(17)11-9-14(15(18)12-16)13-7-5-4-6-8-13/h4-9,12H,2-3,10-11H2,1H3/t16-/m1/s1. The molecule has 1 aliphatic carbocycles. The fraction of sp³-hybridized carbons (Fsp3) is 0.375. The second-order valence-corrected chi connectivity index (χ2v) is 6.40. The molecule has 0 spiro atoms. The fourth-order valence-electron chi connectivity index (χ4n) is 2.25. The van der Waals surface area contributed by atoms with Crippen LogP contribution in [-0.2, 0) is 0 Å². The van der Waals surface area contributed by atoms with Gasteiger partial charge in [0.15, 0.2) is 0 Å². The van der Waals surface area contributed by atoms with E-state index in [-0.39, 0.29) is 10.2 Å². The molecular weight excluding hydrogens is 291 g/mol. The van der Waals surface area contributed by atoms with Crippen LogP contribution in [0.4, 0.5) is 4.39 Å². The van der Waals surface area contributed by atoms with Crippen LogP contribution in [0.25, 0.3) is 5.57 Å². The Labute approximate surface area is 117 Å². The molecule has 0 radical (unpaired) electrons. The summed E-state index contributed by atoms with van der Waals surface area (Å²) >= 11 is 3.68. The molecule has 2 rings (SSSR count). The molecule has 0 saturated carbocycles. The van der Waals surface area contributed by atoms with Gasteiger partial charge in [0.1, 0.15) is 5.83 Å². The maximum atomic E-state index is 14.2. The highest BCUT2D eigenvalue weighted by molar-refractivity contribution is 9.10. The highest BCUT2D eigenvalue weighted by Gasteiger charge is 2.28. The fourth-order valence-corrected chi connectivity index (χ4v) is 2.89. The van der Waals surface area contributed by atoms with Crippen LogP contribution < -0.4 is 0 Å². The Morgan fingerprint density at radius 2 is 2.00 bits per heavy atom. The second-order valence-electron chi connectivity index (χ2n) is 4.82. The predicted molar refractivity (Wildman–Crippen MR) is 79.4 cm³/mol. The van der Waals surface area contributed by atoms with Gasteiger partial charge >= 0.3 is 0 Å². The highest BCUT2D eigenvalue weighted by atomic mass is 79.9. The van der Waals surface area contributed by atoms with Crippen LogP contribution in [0.3, 0.4) is 0 Å². The van der Waals surface area contributed by atoms with E-state index in [1.54, 1.807) is 6.08 Å². The van der Waals surface area contributed by atoms with Crippen LogP contribution in [0.2, 0.25) is 0 Å². The van der Waals surface area contributed by atoms with Crippen LogP contribution in [0.1, 0.15) is 38.2 Å². The van der Waals surface area contributed by atoms with Gasteiger partial charge in [0.25, 0.3) is 0 Å². The summed E-state index contributed by atoms with van der Waals surface area (Å²) in [7, 11) is 0. The third-order valence-electron chi connectivity index (χ3n) is 3.32. The van der Waals surface area contributed by atoms with Crippen LogP contribution in [0, 0.1) is 0 Å². The van der Waals surface area contributed by atoms with Gasteiger partial charge in [-0.25, -0.2) is 4.39 Å². The lowest BCUT2D eigenvalue weighted by molar-refractivity contribution is 0.578. The van der Waals surface area contributed by atoms with Crippen LogP contribution in [0.15, 0.2) is 48.3 Å². The molecule has 0 aliphatic heterocycles. The number of hydrogen-bond donors (Lipinski definition) is 0. The van der Waals surface area contributed by atoms with Gasteiger partial charge in [0.05, 0.1) is 4.32 Å². The number of unbranched alkanes of at least 4 members (excludes halogenated alkanes) is 1. The number of halogens is 2. The van der Waals surface area contributed by atoms with Crippen molar-refractivity contribution in [3.8, 4) is 0 Å². The third-order valence-corrected chi connectivity index (χ3v) is 4.27. The molecule has 18 heavy (non-hydrogen) atoms. The molecule has 2 heteroatoms. The van der Waals surface area contributed by atoms with Gasteiger partial charge in [-0.05, 0) is 24.5 Å². The normalized spacial score (nSPS) is 23.5. The summed E-state index contributed by atoms with van der Waals surface area (Å²) in [5.41, 5.74) is 1.68. The minimum absolute atomic E-state index is 0.111. The maximum Gasteiger partial charge on any atom is 0.128 e. The van der Waals surface area contributed by atoms with Gasteiger partial charge in [-0.3, -0.25) is 0 Å². The molecule has 0 nitrogen and oxygen atoms in total. The first kappa shape index (κ1) is 13.5. The van der Waals surface area contributed by atoms with Gasteiger partial charge in [-0.1, -0.05) is 72.1 Å². The Bertz CT molecular complexity index is 461. The van der Waals surface area contributed by atoms with Crippen LogP contribution in [0.5, 0.6) is 0 Å². The molecular formula is C16H18BrF. The first-order valence-electron chi connectivity index (χ1n) is 6.48. The number of benzene rings is 1. The van der Waals surface area contributed by atoms with Crippen molar-refractivity contribution in [3.63, 3.8) is 0 Å². The molecule has 0 unspecified atom stereocenters. The largest absolute Gasteiger partial charge is 0.207 e. The number of hydrogen-bond acceptors (Lipinski definition) is 0. The van der Waals surface area contributed by atoms with Crippen LogP contribution >= 0.6 is 15.9 Å². The van der Waals surface area contributed by atoms with Gasteiger partial charge in [-0.15, -0.1) is 0 Å². The van der Waals surface area contributed by atoms with Gasteiger partial charge < -0.3 is 0 Å². The minimum atomic E-state index is -0.189. The quantitative estimate of drug-likeness (QED) is 0.630. The Balaban J connectivity index is 2.18. The molecule has 0 heterocycles. The molecule has 1 aromatic carbocycles. The molecule has 0 N–H and O–H groups in total. The van der Waals surface area contributed by atoms with E-state index in [2.05, 4.69) is 22.9 Å². The number of rotatable bonds is 4. The predicted octanol–water partition coefficient (Wildman–Crippen LogP) is 5.65. The molecule has 1 atom stereocenters. The van der Waals surface area contributed by atoms with E-state index in [9.17, 15) is 4.39 Å². The zero-order valence-electron chi connectivity index (χ0n) is 10.6. The molecule has 0 saturated heterocycles. The Morgan fingerprint density at radius 3 is 2.61 bits per heavy atom. The number of allylic oxidation sites excluding steroid dienone is 4. The SMILES string of the molecule is CCCC[C@]1(Br)C=C(F)C(c2ccccc2)=CC1. The van der Waals surface area contributed by atoms with E-state index < -0.39 is 0 Å². The third kappa shape index (κ3) is 3.11. The molecule has 0 fully saturated rings. The smallest absolute Gasteiger partial charge is 0.128 e. The highest BCUT2D eigenvalue weighted by Crippen LogP contribution is 2.40. The average molecular weight is 309 g/mol. The summed E-state index contributed by atoms with van der Waals surface area (Å²) in [5, 5.41) is 0. The van der Waals surface area contributed by atoms with Crippen molar-refractivity contribution in [1.29, 1.82) is 0 Å². The van der Waals surface area contributed by atoms with E-state index in [1.807, 2.05) is 36.4 Å². The summed E-state index contributed by atoms with van der Waals surface area (Å²) in [6, 6.07) is 9.73. The summed E-state index contributed by atoms with van der Waals surface area (Å²) < 4.78 is 14.0. The Morgan fingerprint density at radius 1 is 1.28 bits per heavy atom. The summed E-state index contributed by atoms with van der Waals surface area (Å²) in [4.78, 5) is 0. The Kier molecular flexibility index (Phi) is 4.39. The van der Waals surface area contributed by atoms with Crippen molar-refractivity contribution >= 4 is 21.5 Å². The topological polar surface area (TPSA) is 0 Å². The van der Waals surface area contributed by atoms with Crippen LogP contribution in [-0.4, -0.2) is 4.32 Å². The summed E-state index contributed by atoms with van der Waals surface area (Å²) in [5.74, 6) is -0.111. The van der Waals surface area contributed by atoms with Gasteiger partial charge in [0, 0.05) is 5.57 Å². The van der Waals surface area contributed by atoms with E-state index in [4.69, 9.17) is 0 Å². The molecule has 1 aromatic rings. The zero-order chi connectivity index (χ0) is 13.0. The second kappa shape index (κ2) is 5.83. The van der Waals surface area contributed by atoms with Crippen molar-refractivity contribution in [2.24, 2.45) is 0 Å². The molecule has 0 amide bonds. The average Bonchev–Trinajstić information content (AvgIpc) is 2.38. The van der Waals surface area contributed by atoms with E-state index in [0.29, 0.717) is 0 Å². The number of alkyl halides is 1. The van der Waals surface area contributed by atoms with Crippen molar-refractivity contribution in [3.05, 3.63) is 53.9 Å². The molecule has 0 aromatic heterocycles. The summed E-state index contributed by atoms with van der Waals surface area (Å²) in [6.07, 6.45) is 7.84.